The van der Waals surface area contributed by atoms with Crippen LogP contribution >= 0.6 is 0 Å². The second-order valence-electron chi connectivity index (χ2n) is 9.38. The van der Waals surface area contributed by atoms with Crippen molar-refractivity contribution in [3.63, 3.8) is 0 Å². The Morgan fingerprint density at radius 2 is 1.23 bits per heavy atom. The number of amides is 1. The Kier molecular flexibility index (Phi) is 13.4. The van der Waals surface area contributed by atoms with Crippen LogP contribution in [-0.2, 0) is 4.79 Å². The molecule has 3 heteroatoms. The van der Waals surface area contributed by atoms with E-state index >= 15 is 0 Å². The molecule has 0 aromatic heterocycles. The van der Waals surface area contributed by atoms with E-state index in [1.54, 1.807) is 24.3 Å². The van der Waals surface area contributed by atoms with Gasteiger partial charge in [0.25, 0.3) is 0 Å². The van der Waals surface area contributed by atoms with Crippen molar-refractivity contribution in [3.8, 4) is 5.75 Å². The Labute approximate surface area is 185 Å². The summed E-state index contributed by atoms with van der Waals surface area (Å²) in [6.45, 7) is 0. The maximum Gasteiger partial charge on any atom is 0.224 e. The summed E-state index contributed by atoms with van der Waals surface area (Å²) in [5, 5.41) is 12.1. The van der Waals surface area contributed by atoms with Gasteiger partial charge in [0.1, 0.15) is 5.75 Å². The summed E-state index contributed by atoms with van der Waals surface area (Å²) in [4.78, 5) is 11.9. The number of benzene rings is 1. The third-order valence-corrected chi connectivity index (χ3v) is 6.64. The predicted octanol–water partition coefficient (Wildman–Crippen LogP) is 8.37. The topological polar surface area (TPSA) is 49.3 Å². The van der Waals surface area contributed by atoms with Crippen LogP contribution in [0.4, 0.5) is 5.69 Å². The number of phenolic OH excluding ortho intramolecular Hbond substituents is 1. The summed E-state index contributed by atoms with van der Waals surface area (Å²) in [5.41, 5.74) is 0.752. The maximum absolute atomic E-state index is 11.9. The van der Waals surface area contributed by atoms with Gasteiger partial charge < -0.3 is 10.4 Å². The van der Waals surface area contributed by atoms with Crippen LogP contribution in [0, 0.1) is 5.92 Å². The minimum Gasteiger partial charge on any atom is -0.508 e. The first-order valence-corrected chi connectivity index (χ1v) is 12.8. The van der Waals surface area contributed by atoms with Crippen molar-refractivity contribution in [2.75, 3.05) is 5.32 Å². The van der Waals surface area contributed by atoms with Crippen molar-refractivity contribution in [3.05, 3.63) is 24.3 Å². The molecule has 1 aliphatic rings. The second-order valence-corrected chi connectivity index (χ2v) is 9.38. The predicted molar refractivity (Wildman–Crippen MR) is 128 cm³/mol. The van der Waals surface area contributed by atoms with Crippen LogP contribution in [0.3, 0.4) is 0 Å². The molecule has 1 aromatic carbocycles. The lowest BCUT2D eigenvalue weighted by Crippen LogP contribution is -2.10. The number of anilines is 1. The molecule has 1 amide bonds. The van der Waals surface area contributed by atoms with Crippen LogP contribution in [0.5, 0.6) is 5.75 Å². The lowest BCUT2D eigenvalue weighted by atomic mass is 9.85. The lowest BCUT2D eigenvalue weighted by molar-refractivity contribution is -0.116. The number of rotatable bonds is 16. The summed E-state index contributed by atoms with van der Waals surface area (Å²) < 4.78 is 0. The lowest BCUT2D eigenvalue weighted by Gasteiger charge is -2.21. The number of carbonyl (C=O) groups is 1. The van der Waals surface area contributed by atoms with E-state index in [0.717, 1.165) is 24.4 Å². The van der Waals surface area contributed by atoms with Crippen molar-refractivity contribution >= 4 is 11.6 Å². The molecule has 0 aliphatic heterocycles. The fourth-order valence-electron chi connectivity index (χ4n) is 4.73. The molecule has 0 radical (unpaired) electrons. The maximum atomic E-state index is 11.9. The molecule has 0 heterocycles. The number of nitrogens with one attached hydrogen (secondary N) is 1. The normalized spacial score (nSPS) is 14.7. The van der Waals surface area contributed by atoms with Crippen LogP contribution in [0.2, 0.25) is 0 Å². The van der Waals surface area contributed by atoms with Gasteiger partial charge in [0, 0.05) is 12.1 Å². The van der Waals surface area contributed by atoms with Gasteiger partial charge in [0.05, 0.1) is 0 Å². The molecule has 1 aliphatic carbocycles. The van der Waals surface area contributed by atoms with Gasteiger partial charge >= 0.3 is 0 Å². The molecule has 0 saturated heterocycles. The largest absolute Gasteiger partial charge is 0.508 e. The first-order valence-electron chi connectivity index (χ1n) is 12.8. The summed E-state index contributed by atoms with van der Waals surface area (Å²) in [5.74, 6) is 1.35. The highest BCUT2D eigenvalue weighted by atomic mass is 16.3. The molecule has 2 rings (SSSR count). The third kappa shape index (κ3) is 12.2. The van der Waals surface area contributed by atoms with Gasteiger partial charge in [-0.05, 0) is 36.6 Å². The van der Waals surface area contributed by atoms with Crippen LogP contribution < -0.4 is 5.32 Å². The summed E-state index contributed by atoms with van der Waals surface area (Å²) in [7, 11) is 0. The highest BCUT2D eigenvalue weighted by Gasteiger charge is 2.12. The van der Waals surface area contributed by atoms with Gasteiger partial charge in [-0.3, -0.25) is 4.79 Å². The van der Waals surface area contributed by atoms with E-state index < -0.39 is 0 Å². The van der Waals surface area contributed by atoms with Crippen molar-refractivity contribution in [1.29, 1.82) is 0 Å². The average Bonchev–Trinajstić information content (AvgIpc) is 2.76. The average molecular weight is 416 g/mol. The molecule has 3 nitrogen and oxygen atoms in total. The van der Waals surface area contributed by atoms with Crippen LogP contribution in [0.25, 0.3) is 0 Å². The Morgan fingerprint density at radius 1 is 0.733 bits per heavy atom. The molecule has 30 heavy (non-hydrogen) atoms. The van der Waals surface area contributed by atoms with E-state index in [0.29, 0.717) is 6.42 Å². The van der Waals surface area contributed by atoms with Crippen LogP contribution in [0.15, 0.2) is 24.3 Å². The van der Waals surface area contributed by atoms with E-state index in [1.165, 1.54) is 103 Å². The quantitative estimate of drug-likeness (QED) is 0.210. The number of carbonyl (C=O) groups excluding carboxylic acids is 1. The van der Waals surface area contributed by atoms with Crippen molar-refractivity contribution in [2.24, 2.45) is 5.92 Å². The summed E-state index contributed by atoms with van der Waals surface area (Å²) in [6, 6.07) is 6.64. The molecular formula is C27H45NO2. The zero-order valence-corrected chi connectivity index (χ0v) is 19.2. The zero-order chi connectivity index (χ0) is 21.3. The van der Waals surface area contributed by atoms with Gasteiger partial charge in [-0.15, -0.1) is 0 Å². The molecule has 170 valence electrons. The fourth-order valence-corrected chi connectivity index (χ4v) is 4.73. The fraction of sp³-hybridized carbons (Fsp3) is 0.741. The van der Waals surface area contributed by atoms with Gasteiger partial charge in [-0.25, -0.2) is 0 Å². The number of unbranched alkanes of at least 4 members (excludes halogenated alkanes) is 11. The molecule has 2 N–H and O–H groups in total. The number of phenols is 1. The summed E-state index contributed by atoms with van der Waals surface area (Å²) in [6.07, 6.45) is 25.6. The Hall–Kier alpha value is -1.51. The van der Waals surface area contributed by atoms with Gasteiger partial charge in [-0.2, -0.15) is 0 Å². The molecule has 1 fully saturated rings. The van der Waals surface area contributed by atoms with Gasteiger partial charge in [-0.1, -0.05) is 109 Å². The van der Waals surface area contributed by atoms with E-state index in [4.69, 9.17) is 0 Å². The first-order chi connectivity index (χ1) is 14.7. The summed E-state index contributed by atoms with van der Waals surface area (Å²) >= 11 is 0. The molecular weight excluding hydrogens is 370 g/mol. The molecule has 1 aromatic rings. The van der Waals surface area contributed by atoms with Crippen molar-refractivity contribution < 1.29 is 9.90 Å². The molecule has 0 atom stereocenters. The van der Waals surface area contributed by atoms with Gasteiger partial charge in [0.15, 0.2) is 0 Å². The number of hydrogen-bond acceptors (Lipinski definition) is 2. The highest BCUT2D eigenvalue weighted by Crippen LogP contribution is 2.28. The third-order valence-electron chi connectivity index (χ3n) is 6.64. The van der Waals surface area contributed by atoms with E-state index in [1.807, 2.05) is 0 Å². The molecule has 0 spiro atoms. The van der Waals surface area contributed by atoms with E-state index in [9.17, 15) is 9.90 Å². The minimum absolute atomic E-state index is 0.0689. The van der Waals surface area contributed by atoms with E-state index in [2.05, 4.69) is 5.32 Å². The first kappa shape index (κ1) is 24.8. The monoisotopic (exact) mass is 415 g/mol. The van der Waals surface area contributed by atoms with Crippen LogP contribution in [0.1, 0.15) is 122 Å². The smallest absolute Gasteiger partial charge is 0.224 e. The zero-order valence-electron chi connectivity index (χ0n) is 19.2. The Balaban J connectivity index is 1.28. The molecule has 0 unspecified atom stereocenters. The Morgan fingerprint density at radius 3 is 1.80 bits per heavy atom. The molecule has 1 saturated carbocycles. The minimum atomic E-state index is 0.0689. The molecule has 0 bridgehead atoms. The standard InChI is InChI=1S/C27H45NO2/c29-26-22-20-25(21-23-26)28-27(30)19-15-10-8-6-4-2-1-3-5-7-9-12-16-24-17-13-11-14-18-24/h20-24,29H,1-19H2,(H,28,30). The highest BCUT2D eigenvalue weighted by molar-refractivity contribution is 5.90. The van der Waals surface area contributed by atoms with E-state index in [-0.39, 0.29) is 11.7 Å². The second kappa shape index (κ2) is 16.2. The Bertz CT molecular complexity index is 548. The van der Waals surface area contributed by atoms with Crippen LogP contribution in [-0.4, -0.2) is 11.0 Å². The van der Waals surface area contributed by atoms with Gasteiger partial charge in [0.2, 0.25) is 5.91 Å². The van der Waals surface area contributed by atoms with Crippen molar-refractivity contribution in [1.82, 2.24) is 0 Å². The number of hydrogen-bond donors (Lipinski definition) is 2. The van der Waals surface area contributed by atoms with Crippen molar-refractivity contribution in [2.45, 2.75) is 122 Å². The SMILES string of the molecule is O=C(CCCCCCCCCCCCCCC1CCCCC1)Nc1ccc(O)cc1. The number of aromatic hydroxyl groups is 1.